The lowest BCUT2D eigenvalue weighted by atomic mass is 9.95. The molecule has 1 aliphatic heterocycles. The van der Waals surface area contributed by atoms with Gasteiger partial charge in [0.25, 0.3) is 0 Å². The van der Waals surface area contributed by atoms with Gasteiger partial charge >= 0.3 is 5.97 Å². The average Bonchev–Trinajstić information content (AvgIpc) is 2.72. The summed E-state index contributed by atoms with van der Waals surface area (Å²) in [4.78, 5) is 12.9. The normalized spacial score (nSPS) is 26.8. The first-order valence-electron chi connectivity index (χ1n) is 11.5. The van der Waals surface area contributed by atoms with Gasteiger partial charge in [0.1, 0.15) is 12.2 Å². The van der Waals surface area contributed by atoms with Crippen molar-refractivity contribution in [1.82, 2.24) is 0 Å². The quantitative estimate of drug-likeness (QED) is 0.167. The van der Waals surface area contributed by atoms with E-state index < -0.39 is 38.3 Å². The Labute approximate surface area is 214 Å². The molecule has 0 bridgehead atoms. The molecule has 5 atom stereocenters. The number of esters is 1. The molecule has 1 aromatic carbocycles. The molecule has 0 unspecified atom stereocenters. The SMILES string of the molecule is CO[C@H]1O[C@H](CI)[C@@H](O[Si](C)(C)C(C)(C)C)[C@H](OCc2ccccc2)[C@H]1OC(=O)C(C)(C)C. The Morgan fingerprint density at radius 2 is 1.64 bits per heavy atom. The van der Waals surface area contributed by atoms with Crippen molar-refractivity contribution < 1.29 is 28.2 Å². The Hall–Kier alpha value is -0.523. The van der Waals surface area contributed by atoms with Gasteiger partial charge in [-0.15, -0.1) is 0 Å². The van der Waals surface area contributed by atoms with Crippen LogP contribution >= 0.6 is 22.6 Å². The highest BCUT2D eigenvalue weighted by Crippen LogP contribution is 2.41. The Balaban J connectivity index is 2.45. The maximum absolute atomic E-state index is 12.9. The highest BCUT2D eigenvalue weighted by Gasteiger charge is 2.53. The third-order valence-corrected chi connectivity index (χ3v) is 11.7. The van der Waals surface area contributed by atoms with Crippen LogP contribution in [0.3, 0.4) is 0 Å². The fraction of sp³-hybridized carbons (Fsp3) is 0.720. The second-order valence-electron chi connectivity index (χ2n) is 11.2. The largest absolute Gasteiger partial charge is 0.454 e. The van der Waals surface area contributed by atoms with Crippen LogP contribution in [0, 0.1) is 5.41 Å². The zero-order valence-corrected chi connectivity index (χ0v) is 24.7. The summed E-state index contributed by atoms with van der Waals surface area (Å²) in [5.41, 5.74) is 0.369. The molecule has 33 heavy (non-hydrogen) atoms. The lowest BCUT2D eigenvalue weighted by molar-refractivity contribution is -0.296. The lowest BCUT2D eigenvalue weighted by Crippen LogP contribution is -2.64. The molecule has 0 amide bonds. The van der Waals surface area contributed by atoms with Crippen LogP contribution in [0.5, 0.6) is 0 Å². The summed E-state index contributed by atoms with van der Waals surface area (Å²) in [7, 11) is -0.618. The molecule has 0 radical (unpaired) electrons. The number of hydrogen-bond donors (Lipinski definition) is 0. The molecule has 1 saturated heterocycles. The van der Waals surface area contributed by atoms with Gasteiger partial charge in [-0.2, -0.15) is 0 Å². The summed E-state index contributed by atoms with van der Waals surface area (Å²) in [6, 6.07) is 9.97. The average molecular weight is 593 g/mol. The molecule has 0 aromatic heterocycles. The summed E-state index contributed by atoms with van der Waals surface area (Å²) >= 11 is 2.31. The number of alkyl halides is 1. The minimum absolute atomic E-state index is 0.00247. The standard InChI is InChI=1S/C25H41IO6Si/c1-24(2,3)23(27)31-21-20(29-16-17-13-11-10-12-14-17)19(18(15-26)30-22(21)28-7)32-33(8,9)25(4,5)6/h10-14,18-22H,15-16H2,1-9H3/t18-,19-,20+,21-,22+/m1/s1. The Kier molecular flexibility index (Phi) is 9.98. The van der Waals surface area contributed by atoms with Gasteiger partial charge in [-0.25, -0.2) is 0 Å². The first-order chi connectivity index (χ1) is 15.2. The van der Waals surface area contributed by atoms with Crippen LogP contribution < -0.4 is 0 Å². The van der Waals surface area contributed by atoms with Crippen molar-refractivity contribution in [3.63, 3.8) is 0 Å². The van der Waals surface area contributed by atoms with E-state index in [9.17, 15) is 4.79 Å². The predicted octanol–water partition coefficient (Wildman–Crippen LogP) is 5.73. The molecule has 188 valence electrons. The molecule has 0 saturated carbocycles. The number of methoxy groups -OCH3 is 1. The second kappa shape index (κ2) is 11.5. The fourth-order valence-electron chi connectivity index (χ4n) is 3.23. The molecule has 0 spiro atoms. The number of carbonyl (C=O) groups is 1. The number of carbonyl (C=O) groups excluding carboxylic acids is 1. The van der Waals surface area contributed by atoms with Gasteiger partial charge in [0.05, 0.1) is 18.1 Å². The van der Waals surface area contributed by atoms with E-state index in [0.717, 1.165) is 5.56 Å². The van der Waals surface area contributed by atoms with E-state index in [2.05, 4.69) is 56.5 Å². The van der Waals surface area contributed by atoms with Crippen molar-refractivity contribution in [2.75, 3.05) is 11.5 Å². The summed E-state index contributed by atoms with van der Waals surface area (Å²) in [6.45, 7) is 16.9. The second-order valence-corrected chi connectivity index (χ2v) is 16.8. The maximum Gasteiger partial charge on any atom is 0.311 e. The third-order valence-electron chi connectivity index (χ3n) is 6.35. The van der Waals surface area contributed by atoms with E-state index in [1.165, 1.54) is 0 Å². The summed E-state index contributed by atoms with van der Waals surface area (Å²) < 4.78 is 32.0. The first-order valence-corrected chi connectivity index (χ1v) is 15.9. The monoisotopic (exact) mass is 592 g/mol. The van der Waals surface area contributed by atoms with Crippen molar-refractivity contribution in [2.24, 2.45) is 5.41 Å². The molecule has 0 N–H and O–H groups in total. The number of benzene rings is 1. The van der Waals surface area contributed by atoms with Crippen LogP contribution in [-0.4, -0.2) is 56.5 Å². The zero-order chi connectivity index (χ0) is 25.0. The van der Waals surface area contributed by atoms with Gasteiger partial charge in [0.2, 0.25) is 0 Å². The lowest BCUT2D eigenvalue weighted by Gasteiger charge is -2.49. The zero-order valence-electron chi connectivity index (χ0n) is 21.5. The van der Waals surface area contributed by atoms with E-state index >= 15 is 0 Å². The van der Waals surface area contributed by atoms with Crippen molar-refractivity contribution in [2.45, 2.75) is 97.0 Å². The topological polar surface area (TPSA) is 63.2 Å². The van der Waals surface area contributed by atoms with Crippen LogP contribution in [0.25, 0.3) is 0 Å². The minimum atomic E-state index is -2.18. The number of hydrogen-bond acceptors (Lipinski definition) is 6. The molecule has 1 heterocycles. The summed E-state index contributed by atoms with van der Waals surface area (Å²) in [5, 5.41) is 0.00247. The smallest absolute Gasteiger partial charge is 0.311 e. The predicted molar refractivity (Wildman–Crippen MR) is 141 cm³/mol. The minimum Gasteiger partial charge on any atom is -0.454 e. The van der Waals surface area contributed by atoms with E-state index in [0.29, 0.717) is 11.0 Å². The Morgan fingerprint density at radius 1 is 1.03 bits per heavy atom. The maximum atomic E-state index is 12.9. The number of ether oxygens (including phenoxy) is 4. The van der Waals surface area contributed by atoms with Crippen molar-refractivity contribution in [1.29, 1.82) is 0 Å². The molecule has 1 aromatic rings. The van der Waals surface area contributed by atoms with Crippen LogP contribution in [0.2, 0.25) is 18.1 Å². The van der Waals surface area contributed by atoms with Crippen molar-refractivity contribution in [3.05, 3.63) is 35.9 Å². The van der Waals surface area contributed by atoms with Gasteiger partial charge < -0.3 is 23.4 Å². The van der Waals surface area contributed by atoms with E-state index in [-0.39, 0.29) is 17.1 Å². The van der Waals surface area contributed by atoms with Crippen LogP contribution in [0.15, 0.2) is 30.3 Å². The van der Waals surface area contributed by atoms with Crippen molar-refractivity contribution >= 4 is 36.9 Å². The molecular weight excluding hydrogens is 551 g/mol. The molecule has 8 heteroatoms. The van der Waals surface area contributed by atoms with Gasteiger partial charge in [0, 0.05) is 11.5 Å². The Bertz CT molecular complexity index is 758. The van der Waals surface area contributed by atoms with Crippen LogP contribution in [0.1, 0.15) is 47.1 Å². The Morgan fingerprint density at radius 3 is 2.12 bits per heavy atom. The van der Waals surface area contributed by atoms with Crippen LogP contribution in [-0.2, 0) is 34.8 Å². The molecule has 1 aliphatic rings. The molecule has 0 aliphatic carbocycles. The van der Waals surface area contributed by atoms with Crippen molar-refractivity contribution in [3.8, 4) is 0 Å². The highest BCUT2D eigenvalue weighted by atomic mass is 127. The van der Waals surface area contributed by atoms with E-state index in [1.54, 1.807) is 7.11 Å². The molecule has 1 fully saturated rings. The van der Waals surface area contributed by atoms with Gasteiger partial charge in [-0.1, -0.05) is 73.7 Å². The molecule has 6 nitrogen and oxygen atoms in total. The van der Waals surface area contributed by atoms with Gasteiger partial charge in [-0.05, 0) is 44.5 Å². The molecule has 2 rings (SSSR count). The summed E-state index contributed by atoms with van der Waals surface area (Å²) in [5.74, 6) is -0.328. The van der Waals surface area contributed by atoms with Crippen LogP contribution in [0.4, 0.5) is 0 Å². The van der Waals surface area contributed by atoms with E-state index in [1.807, 2.05) is 51.1 Å². The van der Waals surface area contributed by atoms with E-state index in [4.69, 9.17) is 23.4 Å². The number of rotatable bonds is 8. The first kappa shape index (κ1) is 28.7. The molecular formula is C25H41IO6Si. The number of halogens is 1. The summed E-state index contributed by atoms with van der Waals surface area (Å²) in [6.07, 6.45) is -2.68. The van der Waals surface area contributed by atoms with Gasteiger partial charge in [0.15, 0.2) is 20.7 Å². The highest BCUT2D eigenvalue weighted by molar-refractivity contribution is 14.1. The fourth-order valence-corrected chi connectivity index (χ4v) is 5.26. The van der Waals surface area contributed by atoms with Gasteiger partial charge in [-0.3, -0.25) is 4.79 Å². The third kappa shape index (κ3) is 7.48.